The van der Waals surface area contributed by atoms with E-state index < -0.39 is 0 Å². The van der Waals surface area contributed by atoms with E-state index in [0.29, 0.717) is 10.6 Å². The third-order valence-electron chi connectivity index (χ3n) is 2.93. The van der Waals surface area contributed by atoms with E-state index in [-0.39, 0.29) is 5.82 Å². The number of nitrogens with zero attached hydrogens (tertiary/aromatic N) is 2. The predicted octanol–water partition coefficient (Wildman–Crippen LogP) is 2.92. The van der Waals surface area contributed by atoms with E-state index in [9.17, 15) is 4.39 Å². The van der Waals surface area contributed by atoms with Crippen LogP contribution in [0.2, 0.25) is 0 Å². The van der Waals surface area contributed by atoms with Crippen LogP contribution in [-0.4, -0.2) is 15.0 Å². The maximum atomic E-state index is 13.5. The van der Waals surface area contributed by atoms with Gasteiger partial charge in [0.05, 0.1) is 11.2 Å². The zero-order chi connectivity index (χ0) is 13.2. The van der Waals surface area contributed by atoms with E-state index in [0.717, 1.165) is 36.3 Å². The van der Waals surface area contributed by atoms with Crippen LogP contribution in [-0.2, 0) is 12.8 Å². The zero-order valence-electron chi connectivity index (χ0n) is 10.2. The van der Waals surface area contributed by atoms with Gasteiger partial charge >= 0.3 is 0 Å². The molecule has 98 valence electrons. The van der Waals surface area contributed by atoms with Gasteiger partial charge in [0.25, 0.3) is 0 Å². The molecule has 6 heteroatoms. The molecule has 0 atom stereocenters. The van der Waals surface area contributed by atoms with Gasteiger partial charge in [-0.1, -0.05) is 6.07 Å². The second-order valence-electron chi connectivity index (χ2n) is 4.35. The standard InChI is InChI=1S/C13H13FN4S/c14-9-4-2-5-10-12(9)18-11(17-10)6-1-3-8-7-19-13(15)16-8/h2,4-5,7H,1,3,6H2,(H2,15,16)(H,17,18). The lowest BCUT2D eigenvalue weighted by Crippen LogP contribution is -1.93. The average molecular weight is 276 g/mol. The zero-order valence-corrected chi connectivity index (χ0v) is 11.0. The van der Waals surface area contributed by atoms with Crippen LogP contribution in [0.4, 0.5) is 9.52 Å². The second-order valence-corrected chi connectivity index (χ2v) is 5.24. The van der Waals surface area contributed by atoms with Crippen molar-refractivity contribution in [3.63, 3.8) is 0 Å². The van der Waals surface area contributed by atoms with Gasteiger partial charge in [-0.3, -0.25) is 0 Å². The molecule has 19 heavy (non-hydrogen) atoms. The van der Waals surface area contributed by atoms with Gasteiger partial charge in [0.1, 0.15) is 11.3 Å². The second kappa shape index (κ2) is 4.97. The molecule has 0 amide bonds. The van der Waals surface area contributed by atoms with Gasteiger partial charge in [0.15, 0.2) is 10.9 Å². The van der Waals surface area contributed by atoms with Gasteiger partial charge in [0, 0.05) is 11.8 Å². The number of nitrogens with one attached hydrogen (secondary N) is 1. The van der Waals surface area contributed by atoms with E-state index in [1.807, 2.05) is 11.4 Å². The van der Waals surface area contributed by atoms with Gasteiger partial charge in [-0.05, 0) is 25.0 Å². The summed E-state index contributed by atoms with van der Waals surface area (Å²) >= 11 is 1.45. The largest absolute Gasteiger partial charge is 0.375 e. The van der Waals surface area contributed by atoms with Crippen molar-refractivity contribution in [2.75, 3.05) is 5.73 Å². The van der Waals surface area contributed by atoms with Gasteiger partial charge < -0.3 is 10.7 Å². The number of halogens is 1. The number of rotatable bonds is 4. The van der Waals surface area contributed by atoms with Crippen LogP contribution in [0.15, 0.2) is 23.6 Å². The van der Waals surface area contributed by atoms with Crippen LogP contribution >= 0.6 is 11.3 Å². The van der Waals surface area contributed by atoms with Crippen LogP contribution in [0.3, 0.4) is 0 Å². The first-order valence-corrected chi connectivity index (χ1v) is 6.93. The number of benzene rings is 1. The van der Waals surface area contributed by atoms with Crippen molar-refractivity contribution < 1.29 is 4.39 Å². The summed E-state index contributed by atoms with van der Waals surface area (Å²) in [7, 11) is 0. The van der Waals surface area contributed by atoms with Crippen molar-refractivity contribution in [1.82, 2.24) is 15.0 Å². The number of thiazole rings is 1. The monoisotopic (exact) mass is 276 g/mol. The van der Waals surface area contributed by atoms with E-state index in [2.05, 4.69) is 15.0 Å². The highest BCUT2D eigenvalue weighted by Gasteiger charge is 2.07. The molecule has 3 aromatic rings. The SMILES string of the molecule is Nc1nc(CCCc2nc3c(F)cccc3[nH]2)cs1. The molecule has 0 aliphatic carbocycles. The fourth-order valence-corrected chi connectivity index (χ4v) is 2.64. The highest BCUT2D eigenvalue weighted by atomic mass is 32.1. The number of aromatic nitrogens is 3. The summed E-state index contributed by atoms with van der Waals surface area (Å²) in [6.07, 6.45) is 2.53. The Morgan fingerprint density at radius 1 is 1.26 bits per heavy atom. The number of fused-ring (bicyclic) bond motifs is 1. The number of para-hydroxylation sites is 1. The molecule has 0 aliphatic rings. The molecule has 0 aliphatic heterocycles. The minimum Gasteiger partial charge on any atom is -0.375 e. The lowest BCUT2D eigenvalue weighted by atomic mass is 10.2. The normalized spacial score (nSPS) is 11.2. The molecule has 4 nitrogen and oxygen atoms in total. The molecule has 0 fully saturated rings. The van der Waals surface area contributed by atoms with Crippen LogP contribution in [0.1, 0.15) is 17.9 Å². The molecule has 3 N–H and O–H groups in total. The molecule has 3 rings (SSSR count). The number of nitrogens with two attached hydrogens (primary N) is 1. The Hall–Kier alpha value is -1.95. The highest BCUT2D eigenvalue weighted by Crippen LogP contribution is 2.17. The smallest absolute Gasteiger partial charge is 0.180 e. The number of imidazole rings is 1. The van der Waals surface area contributed by atoms with Crippen LogP contribution in [0.25, 0.3) is 11.0 Å². The molecule has 2 aromatic heterocycles. The van der Waals surface area contributed by atoms with Gasteiger partial charge in [-0.15, -0.1) is 11.3 Å². The van der Waals surface area contributed by atoms with Gasteiger partial charge in [-0.25, -0.2) is 14.4 Å². The van der Waals surface area contributed by atoms with E-state index >= 15 is 0 Å². The van der Waals surface area contributed by atoms with Crippen molar-refractivity contribution in [3.8, 4) is 0 Å². The number of hydrogen-bond acceptors (Lipinski definition) is 4. The number of aromatic amines is 1. The molecule has 0 radical (unpaired) electrons. The molecule has 0 spiro atoms. The maximum absolute atomic E-state index is 13.5. The Morgan fingerprint density at radius 3 is 2.89 bits per heavy atom. The average Bonchev–Trinajstić information content (AvgIpc) is 2.97. The summed E-state index contributed by atoms with van der Waals surface area (Å²) in [5.74, 6) is 0.524. The first kappa shape index (κ1) is 12.1. The van der Waals surface area contributed by atoms with Crippen LogP contribution in [0, 0.1) is 5.82 Å². The fraction of sp³-hybridized carbons (Fsp3) is 0.231. The first-order chi connectivity index (χ1) is 9.22. The molecule has 1 aromatic carbocycles. The Labute approximate surface area is 113 Å². The van der Waals surface area contributed by atoms with Crippen molar-refractivity contribution in [1.29, 1.82) is 0 Å². The Balaban J connectivity index is 1.67. The van der Waals surface area contributed by atoms with Crippen molar-refractivity contribution in [2.24, 2.45) is 0 Å². The maximum Gasteiger partial charge on any atom is 0.180 e. The molecule has 0 saturated heterocycles. The number of nitrogen functional groups attached to an aromatic ring is 1. The van der Waals surface area contributed by atoms with Crippen LogP contribution in [0.5, 0.6) is 0 Å². The topological polar surface area (TPSA) is 67.6 Å². The molecular formula is C13H13FN4S. The number of hydrogen-bond donors (Lipinski definition) is 2. The quantitative estimate of drug-likeness (QED) is 0.770. The Bertz CT molecular complexity index is 704. The highest BCUT2D eigenvalue weighted by molar-refractivity contribution is 7.13. The molecule has 0 bridgehead atoms. The lowest BCUT2D eigenvalue weighted by molar-refractivity contribution is 0.636. The lowest BCUT2D eigenvalue weighted by Gasteiger charge is -1.95. The number of H-pyrrole nitrogens is 1. The minimum absolute atomic E-state index is 0.285. The van der Waals surface area contributed by atoms with E-state index in [4.69, 9.17) is 5.73 Å². The predicted molar refractivity (Wildman–Crippen MR) is 74.6 cm³/mol. The Kier molecular flexibility index (Phi) is 3.16. The van der Waals surface area contributed by atoms with Crippen molar-refractivity contribution in [3.05, 3.63) is 40.9 Å². The third kappa shape index (κ3) is 2.58. The van der Waals surface area contributed by atoms with Crippen molar-refractivity contribution >= 4 is 27.5 Å². The summed E-state index contributed by atoms with van der Waals surface area (Å²) in [5, 5.41) is 2.56. The molecular weight excluding hydrogens is 263 g/mol. The van der Waals surface area contributed by atoms with Gasteiger partial charge in [0.2, 0.25) is 0 Å². The summed E-state index contributed by atoms with van der Waals surface area (Å²) in [6.45, 7) is 0. The third-order valence-corrected chi connectivity index (χ3v) is 3.65. The number of aryl methyl sites for hydroxylation is 2. The fourth-order valence-electron chi connectivity index (χ4n) is 2.04. The summed E-state index contributed by atoms with van der Waals surface area (Å²) in [6, 6.07) is 4.93. The van der Waals surface area contributed by atoms with Gasteiger partial charge in [-0.2, -0.15) is 0 Å². The van der Waals surface area contributed by atoms with Crippen LogP contribution < -0.4 is 5.73 Å². The summed E-state index contributed by atoms with van der Waals surface area (Å²) in [5.41, 5.74) is 7.74. The summed E-state index contributed by atoms with van der Waals surface area (Å²) in [4.78, 5) is 11.6. The number of anilines is 1. The summed E-state index contributed by atoms with van der Waals surface area (Å²) < 4.78 is 13.5. The molecule has 0 saturated carbocycles. The van der Waals surface area contributed by atoms with Crippen molar-refractivity contribution in [2.45, 2.75) is 19.3 Å². The minimum atomic E-state index is -0.285. The van der Waals surface area contributed by atoms with E-state index in [1.54, 1.807) is 6.07 Å². The molecule has 0 unspecified atom stereocenters. The first-order valence-electron chi connectivity index (χ1n) is 6.05. The van der Waals surface area contributed by atoms with E-state index in [1.165, 1.54) is 17.4 Å². The Morgan fingerprint density at radius 2 is 2.16 bits per heavy atom. The molecule has 2 heterocycles.